The molecule has 0 amide bonds. The van der Waals surface area contributed by atoms with Crippen molar-refractivity contribution >= 4 is 11.9 Å². The Labute approximate surface area is 112 Å². The Hall–Kier alpha value is -1.88. The third-order valence-corrected chi connectivity index (χ3v) is 2.24. The topological polar surface area (TPSA) is 89.6 Å². The van der Waals surface area contributed by atoms with Gasteiger partial charge in [0.2, 0.25) is 0 Å². The van der Waals surface area contributed by atoms with Crippen molar-refractivity contribution in [2.75, 3.05) is 0 Å². The summed E-state index contributed by atoms with van der Waals surface area (Å²) in [4.78, 5) is 21.3. The van der Waals surface area contributed by atoms with Crippen molar-refractivity contribution in [1.82, 2.24) is 0 Å². The molecule has 0 saturated carbocycles. The first-order valence-electron chi connectivity index (χ1n) is 6.00. The van der Waals surface area contributed by atoms with Crippen LogP contribution in [0, 0.1) is 0 Å². The third-order valence-electron chi connectivity index (χ3n) is 2.24. The first kappa shape index (κ1) is 15.2. The number of esters is 1. The highest BCUT2D eigenvalue weighted by atomic mass is 16.6. The number of ether oxygens (including phenoxy) is 1. The number of carbonyl (C=O) groups excluding carboxylic acids is 1. The minimum atomic E-state index is -1.20. The molecule has 5 nitrogen and oxygen atoms in total. The number of carbonyl (C=O) groups is 2. The molecule has 0 aromatic heterocycles. The van der Waals surface area contributed by atoms with E-state index < -0.39 is 23.6 Å². The molecule has 0 aromatic rings. The lowest BCUT2D eigenvalue weighted by atomic mass is 10.2. The van der Waals surface area contributed by atoms with E-state index in [0.29, 0.717) is 0 Å². The van der Waals surface area contributed by atoms with Gasteiger partial charge in [-0.15, -0.1) is 0 Å². The van der Waals surface area contributed by atoms with Gasteiger partial charge in [-0.05, 0) is 38.0 Å². The molecule has 104 valence electrons. The maximum Gasteiger partial charge on any atom is 0.321 e. The molecule has 2 aliphatic rings. The van der Waals surface area contributed by atoms with Crippen molar-refractivity contribution in [1.29, 1.82) is 0 Å². The molecule has 0 fully saturated rings. The molecule has 0 saturated heterocycles. The van der Waals surface area contributed by atoms with Crippen molar-refractivity contribution in [2.45, 2.75) is 38.8 Å². The number of carboxylic acids is 1. The first-order valence-corrected chi connectivity index (χ1v) is 6.00. The van der Waals surface area contributed by atoms with Crippen molar-refractivity contribution in [2.24, 2.45) is 5.73 Å². The van der Waals surface area contributed by atoms with Crippen LogP contribution in [0.25, 0.3) is 11.1 Å². The van der Waals surface area contributed by atoms with Gasteiger partial charge in [-0.25, -0.2) is 0 Å². The Morgan fingerprint density at radius 2 is 1.84 bits per heavy atom. The van der Waals surface area contributed by atoms with E-state index in [1.54, 1.807) is 20.8 Å². The molecule has 0 radical (unpaired) electrons. The highest BCUT2D eigenvalue weighted by Crippen LogP contribution is 2.32. The summed E-state index contributed by atoms with van der Waals surface area (Å²) in [6.07, 6.45) is -0.299. The van der Waals surface area contributed by atoms with Crippen molar-refractivity contribution in [3.8, 4) is 11.1 Å². The van der Waals surface area contributed by atoms with E-state index in [-0.39, 0.29) is 6.42 Å². The van der Waals surface area contributed by atoms with Gasteiger partial charge < -0.3 is 15.6 Å². The monoisotopic (exact) mass is 265 g/mol. The molecule has 0 aromatic carbocycles. The fraction of sp³-hybridized carbons (Fsp3) is 0.429. The Kier molecular flexibility index (Phi) is 4.67. The van der Waals surface area contributed by atoms with Crippen LogP contribution in [-0.4, -0.2) is 28.7 Å². The van der Waals surface area contributed by atoms with Gasteiger partial charge in [0.05, 0.1) is 6.42 Å². The quantitative estimate of drug-likeness (QED) is 0.826. The SMILES string of the molecule is CC(C)(C)OC(=O)CC(N)C(=O)O.c1cc2cc-2c1. The Morgan fingerprint density at radius 1 is 1.32 bits per heavy atom. The summed E-state index contributed by atoms with van der Waals surface area (Å²) >= 11 is 0. The number of carboxylic acid groups (broad SMARTS) is 1. The number of benzene rings is 1. The summed E-state index contributed by atoms with van der Waals surface area (Å²) in [7, 11) is 0. The van der Waals surface area contributed by atoms with Crippen LogP contribution in [0.2, 0.25) is 0 Å². The molecule has 1 unspecified atom stereocenters. The second-order valence-corrected chi connectivity index (χ2v) is 5.32. The van der Waals surface area contributed by atoms with E-state index in [9.17, 15) is 9.59 Å². The lowest BCUT2D eigenvalue weighted by molar-refractivity contribution is -0.157. The van der Waals surface area contributed by atoms with Crippen LogP contribution in [0.5, 0.6) is 0 Å². The molecule has 2 aliphatic carbocycles. The summed E-state index contributed by atoms with van der Waals surface area (Å²) in [6, 6.07) is 7.30. The zero-order valence-electron chi connectivity index (χ0n) is 11.3. The Morgan fingerprint density at radius 3 is 2.11 bits per heavy atom. The normalized spacial score (nSPS) is 12.8. The van der Waals surface area contributed by atoms with Crippen molar-refractivity contribution in [3.05, 3.63) is 24.3 Å². The average Bonchev–Trinajstić information content (AvgIpc) is 2.83. The number of hydrogen-bond acceptors (Lipinski definition) is 4. The molecule has 1 atom stereocenters. The van der Waals surface area contributed by atoms with Gasteiger partial charge in [0.1, 0.15) is 11.6 Å². The predicted molar refractivity (Wildman–Crippen MR) is 71.5 cm³/mol. The molecule has 0 bridgehead atoms. The summed E-state index contributed by atoms with van der Waals surface area (Å²) < 4.78 is 4.88. The molecular weight excluding hydrogens is 246 g/mol. The van der Waals surface area contributed by atoms with Gasteiger partial charge in [-0.3, -0.25) is 9.59 Å². The van der Waals surface area contributed by atoms with Gasteiger partial charge in [-0.2, -0.15) is 0 Å². The minimum absolute atomic E-state index is 0.299. The van der Waals surface area contributed by atoms with Crippen LogP contribution in [0.15, 0.2) is 24.3 Å². The minimum Gasteiger partial charge on any atom is -0.480 e. The molecule has 2 rings (SSSR count). The number of hydrogen-bond donors (Lipinski definition) is 2. The summed E-state index contributed by atoms with van der Waals surface area (Å²) in [5.41, 5.74) is 7.39. The number of aliphatic carboxylic acids is 1. The van der Waals surface area contributed by atoms with Gasteiger partial charge >= 0.3 is 11.9 Å². The fourth-order valence-corrected chi connectivity index (χ4v) is 1.33. The largest absolute Gasteiger partial charge is 0.480 e. The van der Waals surface area contributed by atoms with E-state index >= 15 is 0 Å². The first-order chi connectivity index (χ1) is 8.69. The molecule has 5 heteroatoms. The van der Waals surface area contributed by atoms with E-state index in [0.717, 1.165) is 0 Å². The third kappa shape index (κ3) is 6.01. The van der Waals surface area contributed by atoms with Gasteiger partial charge in [0.25, 0.3) is 0 Å². The second-order valence-electron chi connectivity index (χ2n) is 5.32. The molecule has 0 aliphatic heterocycles. The highest BCUT2D eigenvalue weighted by molar-refractivity contribution is 5.81. The Balaban J connectivity index is 0.000000241. The van der Waals surface area contributed by atoms with Crippen LogP contribution in [0.4, 0.5) is 0 Å². The van der Waals surface area contributed by atoms with Crippen LogP contribution < -0.4 is 5.73 Å². The summed E-state index contributed by atoms with van der Waals surface area (Å²) in [6.45, 7) is 5.12. The molecule has 19 heavy (non-hydrogen) atoms. The fourth-order valence-electron chi connectivity index (χ4n) is 1.33. The molecular formula is C14H19NO4. The summed E-state index contributed by atoms with van der Waals surface area (Å²) in [5.74, 6) is -1.80. The van der Waals surface area contributed by atoms with Crippen LogP contribution in [0.1, 0.15) is 27.2 Å². The second kappa shape index (κ2) is 5.84. The standard InChI is InChI=1S/C8H15NO4.C6H4/c1-8(2,3)13-6(10)4-5(9)7(11)12;1-2-5-4-6(5)3-1/h5H,4,9H2,1-3H3,(H,11,12);1-4H. The van der Waals surface area contributed by atoms with E-state index in [1.165, 1.54) is 11.1 Å². The number of rotatable bonds is 3. The van der Waals surface area contributed by atoms with Crippen LogP contribution in [-0.2, 0) is 14.3 Å². The maximum atomic E-state index is 11.0. The van der Waals surface area contributed by atoms with E-state index in [2.05, 4.69) is 24.3 Å². The maximum absolute atomic E-state index is 11.0. The number of nitrogens with two attached hydrogens (primary N) is 1. The van der Waals surface area contributed by atoms with Crippen molar-refractivity contribution in [3.63, 3.8) is 0 Å². The molecule has 0 heterocycles. The van der Waals surface area contributed by atoms with E-state index in [4.69, 9.17) is 15.6 Å². The average molecular weight is 265 g/mol. The zero-order chi connectivity index (χ0) is 14.6. The van der Waals surface area contributed by atoms with Gasteiger partial charge in [0.15, 0.2) is 0 Å². The molecule has 3 N–H and O–H groups in total. The van der Waals surface area contributed by atoms with Crippen LogP contribution in [0.3, 0.4) is 0 Å². The molecule has 0 spiro atoms. The van der Waals surface area contributed by atoms with E-state index in [1.807, 2.05) is 0 Å². The smallest absolute Gasteiger partial charge is 0.321 e. The highest BCUT2D eigenvalue weighted by Gasteiger charge is 2.21. The van der Waals surface area contributed by atoms with Gasteiger partial charge in [-0.1, -0.05) is 18.2 Å². The van der Waals surface area contributed by atoms with Crippen molar-refractivity contribution < 1.29 is 19.4 Å². The Bertz CT molecular complexity index is 459. The zero-order valence-corrected chi connectivity index (χ0v) is 11.3. The lowest BCUT2D eigenvalue weighted by Crippen LogP contribution is -2.35. The number of fused-ring (bicyclic) bond motifs is 1. The van der Waals surface area contributed by atoms with Crippen LogP contribution >= 0.6 is 0 Å². The lowest BCUT2D eigenvalue weighted by Gasteiger charge is -2.19. The predicted octanol–water partition coefficient (Wildman–Crippen LogP) is 1.80. The summed E-state index contributed by atoms with van der Waals surface area (Å²) in [5, 5.41) is 8.40. The van der Waals surface area contributed by atoms with Gasteiger partial charge in [0, 0.05) is 0 Å².